The minimum atomic E-state index is -0.116. The molecule has 1 aromatic rings. The summed E-state index contributed by atoms with van der Waals surface area (Å²) in [5.74, 6) is 1.51. The molecule has 0 fully saturated rings. The van der Waals surface area contributed by atoms with Crippen molar-refractivity contribution in [3.63, 3.8) is 0 Å². The highest BCUT2D eigenvalue weighted by Crippen LogP contribution is 2.22. The first kappa shape index (κ1) is 15.0. The van der Waals surface area contributed by atoms with E-state index in [0.717, 1.165) is 25.0 Å². The van der Waals surface area contributed by atoms with Gasteiger partial charge in [0.05, 0.1) is 0 Å². The second-order valence-electron chi connectivity index (χ2n) is 4.67. The second-order valence-corrected chi connectivity index (χ2v) is 4.67. The third-order valence-corrected chi connectivity index (χ3v) is 3.21. The van der Waals surface area contributed by atoms with Crippen LogP contribution in [-0.4, -0.2) is 12.9 Å². The molecular weight excluding hydrogens is 224 g/mol. The number of hydrogen-bond donors (Lipinski definition) is 0. The Hall–Kier alpha value is -1.02. The van der Waals surface area contributed by atoms with Crippen LogP contribution in [0.1, 0.15) is 58.4 Å². The van der Waals surface area contributed by atoms with Gasteiger partial charge >= 0.3 is 0 Å². The van der Waals surface area contributed by atoms with Gasteiger partial charge in [-0.05, 0) is 37.0 Å². The molecule has 0 aliphatic heterocycles. The summed E-state index contributed by atoms with van der Waals surface area (Å²) in [6, 6.07) is 8.39. The molecule has 0 aliphatic rings. The van der Waals surface area contributed by atoms with E-state index in [1.54, 1.807) is 0 Å². The van der Waals surface area contributed by atoms with Crippen molar-refractivity contribution in [3.05, 3.63) is 29.8 Å². The van der Waals surface area contributed by atoms with Crippen LogP contribution in [0.15, 0.2) is 24.3 Å². The van der Waals surface area contributed by atoms with Crippen molar-refractivity contribution < 1.29 is 9.47 Å². The fourth-order valence-corrected chi connectivity index (χ4v) is 1.86. The molecule has 1 rings (SSSR count). The van der Waals surface area contributed by atoms with E-state index in [1.807, 2.05) is 19.1 Å². The predicted octanol–water partition coefficient (Wildman–Crippen LogP) is 4.74. The molecule has 0 aliphatic carbocycles. The van der Waals surface area contributed by atoms with Crippen molar-refractivity contribution in [2.45, 2.75) is 59.2 Å². The summed E-state index contributed by atoms with van der Waals surface area (Å²) in [5.41, 5.74) is 1.37. The zero-order valence-electron chi connectivity index (χ0n) is 12.1. The lowest BCUT2D eigenvalue weighted by Gasteiger charge is -2.18. The van der Waals surface area contributed by atoms with Crippen molar-refractivity contribution in [2.24, 2.45) is 0 Å². The Morgan fingerprint density at radius 1 is 1.06 bits per heavy atom. The van der Waals surface area contributed by atoms with Crippen LogP contribution in [0.3, 0.4) is 0 Å². The third-order valence-electron chi connectivity index (χ3n) is 3.21. The van der Waals surface area contributed by atoms with E-state index in [1.165, 1.54) is 5.56 Å². The number of hydrogen-bond acceptors (Lipinski definition) is 2. The number of ether oxygens (including phenoxy) is 2. The molecule has 102 valence electrons. The first-order chi connectivity index (χ1) is 8.71. The summed E-state index contributed by atoms with van der Waals surface area (Å²) >= 11 is 0. The maximum Gasteiger partial charge on any atom is 0.199 e. The molecule has 2 unspecified atom stereocenters. The second kappa shape index (κ2) is 8.15. The molecule has 0 bridgehead atoms. The molecule has 18 heavy (non-hydrogen) atoms. The van der Waals surface area contributed by atoms with Gasteiger partial charge in [0.15, 0.2) is 6.29 Å². The van der Waals surface area contributed by atoms with E-state index < -0.39 is 0 Å². The minimum absolute atomic E-state index is 0.116. The lowest BCUT2D eigenvalue weighted by atomic mass is 9.99. The molecule has 0 N–H and O–H groups in total. The summed E-state index contributed by atoms with van der Waals surface area (Å²) in [6.45, 7) is 9.28. The SMILES string of the molecule is CCCC(OCC)Oc1ccc(C(C)CC)cc1. The maximum atomic E-state index is 5.84. The molecular formula is C16H26O2. The molecule has 0 saturated carbocycles. The molecule has 2 heteroatoms. The maximum absolute atomic E-state index is 5.84. The first-order valence-corrected chi connectivity index (χ1v) is 7.09. The molecule has 1 aromatic carbocycles. The summed E-state index contributed by atoms with van der Waals surface area (Å²) in [5, 5.41) is 0. The first-order valence-electron chi connectivity index (χ1n) is 7.09. The Kier molecular flexibility index (Phi) is 6.81. The Balaban J connectivity index is 2.60. The zero-order chi connectivity index (χ0) is 13.4. The van der Waals surface area contributed by atoms with E-state index in [9.17, 15) is 0 Å². The van der Waals surface area contributed by atoms with Gasteiger partial charge in [-0.25, -0.2) is 0 Å². The molecule has 0 heterocycles. The van der Waals surface area contributed by atoms with Crippen molar-refractivity contribution >= 4 is 0 Å². The summed E-state index contributed by atoms with van der Waals surface area (Å²) in [4.78, 5) is 0. The molecule has 2 nitrogen and oxygen atoms in total. The van der Waals surface area contributed by atoms with Gasteiger partial charge in [-0.1, -0.05) is 39.3 Å². The highest BCUT2D eigenvalue weighted by atomic mass is 16.7. The number of benzene rings is 1. The summed E-state index contributed by atoms with van der Waals surface area (Å²) in [7, 11) is 0. The smallest absolute Gasteiger partial charge is 0.199 e. The van der Waals surface area contributed by atoms with Crippen molar-refractivity contribution in [3.8, 4) is 5.75 Å². The topological polar surface area (TPSA) is 18.5 Å². The highest BCUT2D eigenvalue weighted by molar-refractivity contribution is 5.29. The zero-order valence-corrected chi connectivity index (χ0v) is 12.1. The van der Waals surface area contributed by atoms with E-state index in [2.05, 4.69) is 32.9 Å². The van der Waals surface area contributed by atoms with E-state index in [0.29, 0.717) is 12.5 Å². The van der Waals surface area contributed by atoms with Gasteiger partial charge in [-0.2, -0.15) is 0 Å². The predicted molar refractivity (Wildman–Crippen MR) is 76.1 cm³/mol. The van der Waals surface area contributed by atoms with Gasteiger partial charge in [-0.3, -0.25) is 0 Å². The van der Waals surface area contributed by atoms with Crippen LogP contribution in [0.5, 0.6) is 5.75 Å². The van der Waals surface area contributed by atoms with E-state index in [-0.39, 0.29) is 6.29 Å². The Labute approximate surface area is 111 Å². The van der Waals surface area contributed by atoms with Gasteiger partial charge in [0.1, 0.15) is 5.75 Å². The lowest BCUT2D eigenvalue weighted by Crippen LogP contribution is -2.20. The molecule has 0 amide bonds. The van der Waals surface area contributed by atoms with Crippen LogP contribution in [0.4, 0.5) is 0 Å². The van der Waals surface area contributed by atoms with Crippen LogP contribution in [0.2, 0.25) is 0 Å². The Morgan fingerprint density at radius 3 is 2.22 bits per heavy atom. The van der Waals surface area contributed by atoms with E-state index >= 15 is 0 Å². The lowest BCUT2D eigenvalue weighted by molar-refractivity contribution is -0.0798. The average molecular weight is 250 g/mol. The average Bonchev–Trinajstić information content (AvgIpc) is 2.39. The van der Waals surface area contributed by atoms with Crippen LogP contribution < -0.4 is 4.74 Å². The van der Waals surface area contributed by atoms with Gasteiger partial charge in [0.25, 0.3) is 0 Å². The van der Waals surface area contributed by atoms with Crippen molar-refractivity contribution in [1.29, 1.82) is 0 Å². The van der Waals surface area contributed by atoms with Gasteiger partial charge in [0, 0.05) is 13.0 Å². The molecule has 0 radical (unpaired) electrons. The van der Waals surface area contributed by atoms with Gasteiger partial charge in [-0.15, -0.1) is 0 Å². The van der Waals surface area contributed by atoms with Gasteiger partial charge < -0.3 is 9.47 Å². The molecule has 0 saturated heterocycles. The van der Waals surface area contributed by atoms with Crippen LogP contribution in [0, 0.1) is 0 Å². The van der Waals surface area contributed by atoms with Crippen LogP contribution >= 0.6 is 0 Å². The molecule has 0 aromatic heterocycles. The number of rotatable bonds is 8. The normalized spacial score (nSPS) is 14.2. The Bertz CT molecular complexity index is 312. The van der Waals surface area contributed by atoms with Crippen molar-refractivity contribution in [1.82, 2.24) is 0 Å². The third kappa shape index (κ3) is 4.69. The fraction of sp³-hybridized carbons (Fsp3) is 0.625. The van der Waals surface area contributed by atoms with Crippen LogP contribution in [-0.2, 0) is 4.74 Å². The molecule has 0 spiro atoms. The quantitative estimate of drug-likeness (QED) is 0.620. The van der Waals surface area contributed by atoms with Crippen molar-refractivity contribution in [2.75, 3.05) is 6.61 Å². The highest BCUT2D eigenvalue weighted by Gasteiger charge is 2.09. The van der Waals surface area contributed by atoms with Gasteiger partial charge in [0.2, 0.25) is 0 Å². The van der Waals surface area contributed by atoms with Crippen LogP contribution in [0.25, 0.3) is 0 Å². The standard InChI is InChI=1S/C16H26O2/c1-5-8-16(17-7-3)18-15-11-9-14(10-12-15)13(4)6-2/h9-13,16H,5-8H2,1-4H3. The summed E-state index contributed by atoms with van der Waals surface area (Å²) < 4.78 is 11.4. The van der Waals surface area contributed by atoms with E-state index in [4.69, 9.17) is 9.47 Å². The monoisotopic (exact) mass is 250 g/mol. The largest absolute Gasteiger partial charge is 0.465 e. The Morgan fingerprint density at radius 2 is 1.72 bits per heavy atom. The summed E-state index contributed by atoms with van der Waals surface area (Å²) in [6.07, 6.45) is 3.04. The minimum Gasteiger partial charge on any atom is -0.465 e. The fourth-order valence-electron chi connectivity index (χ4n) is 1.86. The molecule has 2 atom stereocenters.